The minimum atomic E-state index is -0.878. The SMILES string of the molecule is COc1cc(OC)c2c(-c3ccccc3)cc(SCC(=O)NC(N)=O)nc2c1. The second-order valence-electron chi connectivity index (χ2n) is 5.80. The molecule has 0 fully saturated rings. The Kier molecular flexibility index (Phi) is 6.00. The fourth-order valence-electron chi connectivity index (χ4n) is 2.79. The van der Waals surface area contributed by atoms with Gasteiger partial charge in [0, 0.05) is 12.1 Å². The first-order chi connectivity index (χ1) is 13.5. The highest BCUT2D eigenvalue weighted by Gasteiger charge is 2.15. The first kappa shape index (κ1) is 19.5. The highest BCUT2D eigenvalue weighted by atomic mass is 32.2. The minimum absolute atomic E-state index is 0.0107. The lowest BCUT2D eigenvalue weighted by atomic mass is 10.0. The monoisotopic (exact) mass is 397 g/mol. The zero-order chi connectivity index (χ0) is 20.1. The van der Waals surface area contributed by atoms with E-state index in [-0.39, 0.29) is 5.75 Å². The second-order valence-corrected chi connectivity index (χ2v) is 6.79. The van der Waals surface area contributed by atoms with E-state index in [1.807, 2.05) is 53.8 Å². The van der Waals surface area contributed by atoms with E-state index in [9.17, 15) is 9.59 Å². The van der Waals surface area contributed by atoms with E-state index in [0.717, 1.165) is 16.5 Å². The number of nitrogens with two attached hydrogens (primary N) is 1. The number of benzene rings is 2. The summed E-state index contributed by atoms with van der Waals surface area (Å²) in [6, 6.07) is 14.5. The number of pyridine rings is 1. The van der Waals surface area contributed by atoms with Gasteiger partial charge in [0.25, 0.3) is 0 Å². The maximum atomic E-state index is 11.7. The van der Waals surface area contributed by atoms with Crippen LogP contribution in [0.3, 0.4) is 0 Å². The van der Waals surface area contributed by atoms with Crippen LogP contribution in [0, 0.1) is 0 Å². The van der Waals surface area contributed by atoms with Gasteiger partial charge in [-0.25, -0.2) is 9.78 Å². The topological polar surface area (TPSA) is 104 Å². The third-order valence-electron chi connectivity index (χ3n) is 3.98. The van der Waals surface area contributed by atoms with Crippen molar-refractivity contribution in [2.75, 3.05) is 20.0 Å². The number of hydrogen-bond acceptors (Lipinski definition) is 6. The summed E-state index contributed by atoms with van der Waals surface area (Å²) in [5, 5.41) is 3.52. The molecular formula is C20H19N3O4S. The van der Waals surface area contributed by atoms with Crippen molar-refractivity contribution in [1.29, 1.82) is 0 Å². The van der Waals surface area contributed by atoms with Gasteiger partial charge in [0.05, 0.1) is 35.9 Å². The largest absolute Gasteiger partial charge is 0.497 e. The molecule has 0 saturated heterocycles. The van der Waals surface area contributed by atoms with Gasteiger partial charge in [-0.3, -0.25) is 10.1 Å². The zero-order valence-corrected chi connectivity index (χ0v) is 16.2. The van der Waals surface area contributed by atoms with Crippen LogP contribution in [0.1, 0.15) is 0 Å². The number of ether oxygens (including phenoxy) is 2. The van der Waals surface area contributed by atoms with Gasteiger partial charge < -0.3 is 15.2 Å². The molecule has 3 N–H and O–H groups in total. The number of imide groups is 1. The number of thioether (sulfide) groups is 1. The molecule has 28 heavy (non-hydrogen) atoms. The lowest BCUT2D eigenvalue weighted by molar-refractivity contribution is -0.117. The fourth-order valence-corrected chi connectivity index (χ4v) is 3.51. The number of carbonyl (C=O) groups excluding carboxylic acids is 2. The predicted octanol–water partition coefficient (Wildman–Crippen LogP) is 3.21. The van der Waals surface area contributed by atoms with Crippen LogP contribution in [0.4, 0.5) is 4.79 Å². The molecule has 7 nitrogen and oxygen atoms in total. The summed E-state index contributed by atoms with van der Waals surface area (Å²) in [5.41, 5.74) is 7.56. The van der Waals surface area contributed by atoms with E-state index in [1.165, 1.54) is 11.8 Å². The molecule has 1 heterocycles. The van der Waals surface area contributed by atoms with Crippen molar-refractivity contribution in [2.45, 2.75) is 5.03 Å². The molecule has 0 spiro atoms. The second kappa shape index (κ2) is 8.62. The number of nitrogens with one attached hydrogen (secondary N) is 1. The number of amides is 3. The van der Waals surface area contributed by atoms with E-state index in [1.54, 1.807) is 14.2 Å². The molecule has 0 saturated carbocycles. The van der Waals surface area contributed by atoms with Gasteiger partial charge >= 0.3 is 6.03 Å². The van der Waals surface area contributed by atoms with E-state index in [4.69, 9.17) is 15.2 Å². The number of methoxy groups -OCH3 is 2. The number of fused-ring (bicyclic) bond motifs is 1. The lowest BCUT2D eigenvalue weighted by Crippen LogP contribution is -2.36. The molecule has 3 rings (SSSR count). The number of rotatable bonds is 6. The maximum Gasteiger partial charge on any atom is 0.318 e. The van der Waals surface area contributed by atoms with Crippen LogP contribution >= 0.6 is 11.8 Å². The smallest absolute Gasteiger partial charge is 0.318 e. The van der Waals surface area contributed by atoms with Crippen LogP contribution in [0.25, 0.3) is 22.0 Å². The number of primary amides is 1. The molecule has 0 aliphatic carbocycles. The highest BCUT2D eigenvalue weighted by Crippen LogP contribution is 2.39. The molecule has 0 aliphatic rings. The van der Waals surface area contributed by atoms with Crippen molar-refractivity contribution >= 4 is 34.6 Å². The number of hydrogen-bond donors (Lipinski definition) is 2. The van der Waals surface area contributed by atoms with E-state index >= 15 is 0 Å². The van der Waals surface area contributed by atoms with Crippen LogP contribution in [-0.2, 0) is 4.79 Å². The summed E-state index contributed by atoms with van der Waals surface area (Å²) in [4.78, 5) is 27.2. The van der Waals surface area contributed by atoms with E-state index in [2.05, 4.69) is 4.98 Å². The van der Waals surface area contributed by atoms with Crippen molar-refractivity contribution in [3.05, 3.63) is 48.5 Å². The first-order valence-corrected chi connectivity index (χ1v) is 9.34. The van der Waals surface area contributed by atoms with Gasteiger partial charge in [-0.1, -0.05) is 42.1 Å². The summed E-state index contributed by atoms with van der Waals surface area (Å²) in [5.74, 6) is 0.786. The summed E-state index contributed by atoms with van der Waals surface area (Å²) < 4.78 is 10.9. The third-order valence-corrected chi connectivity index (χ3v) is 4.89. The summed E-state index contributed by atoms with van der Waals surface area (Å²) in [7, 11) is 3.17. The fraction of sp³-hybridized carbons (Fsp3) is 0.150. The van der Waals surface area contributed by atoms with Crippen LogP contribution in [0.15, 0.2) is 53.6 Å². The molecule has 3 amide bonds. The highest BCUT2D eigenvalue weighted by molar-refractivity contribution is 7.99. The quantitative estimate of drug-likeness (QED) is 0.619. The Balaban J connectivity index is 2.11. The van der Waals surface area contributed by atoms with Crippen molar-refractivity contribution in [2.24, 2.45) is 5.73 Å². The summed E-state index contributed by atoms with van der Waals surface area (Å²) >= 11 is 1.21. The summed E-state index contributed by atoms with van der Waals surface area (Å²) in [6.45, 7) is 0. The van der Waals surface area contributed by atoms with Gasteiger partial charge in [-0.2, -0.15) is 0 Å². The van der Waals surface area contributed by atoms with Gasteiger partial charge in [0.15, 0.2) is 0 Å². The number of urea groups is 1. The predicted molar refractivity (Wildman–Crippen MR) is 109 cm³/mol. The summed E-state index contributed by atoms with van der Waals surface area (Å²) in [6.07, 6.45) is 0. The van der Waals surface area contributed by atoms with Crippen molar-refractivity contribution in [3.8, 4) is 22.6 Å². The molecule has 0 atom stereocenters. The standard InChI is InChI=1S/C20H19N3O4S/c1-26-13-8-15-19(16(9-13)27-2)14(12-6-4-3-5-7-12)10-18(22-15)28-11-17(24)23-20(21)25/h3-10H,11H2,1-2H3,(H3,21,23,24,25). The van der Waals surface area contributed by atoms with Gasteiger partial charge in [-0.05, 0) is 17.2 Å². The lowest BCUT2D eigenvalue weighted by Gasteiger charge is -2.14. The molecule has 0 bridgehead atoms. The Morgan fingerprint density at radius 2 is 1.86 bits per heavy atom. The minimum Gasteiger partial charge on any atom is -0.497 e. The average Bonchev–Trinajstić information content (AvgIpc) is 2.70. The van der Waals surface area contributed by atoms with Crippen LogP contribution in [0.2, 0.25) is 0 Å². The molecule has 0 unspecified atom stereocenters. The van der Waals surface area contributed by atoms with E-state index in [0.29, 0.717) is 22.0 Å². The Morgan fingerprint density at radius 1 is 1.11 bits per heavy atom. The van der Waals surface area contributed by atoms with Crippen molar-refractivity contribution < 1.29 is 19.1 Å². The molecule has 2 aromatic carbocycles. The Labute approximate surface area is 166 Å². The normalized spacial score (nSPS) is 10.5. The number of nitrogens with zero attached hydrogens (tertiary/aromatic N) is 1. The van der Waals surface area contributed by atoms with E-state index < -0.39 is 11.9 Å². The molecule has 0 aliphatic heterocycles. The maximum absolute atomic E-state index is 11.7. The van der Waals surface area contributed by atoms with Crippen molar-refractivity contribution in [1.82, 2.24) is 10.3 Å². The van der Waals surface area contributed by atoms with Gasteiger partial charge in [0.1, 0.15) is 11.5 Å². The van der Waals surface area contributed by atoms with Crippen molar-refractivity contribution in [3.63, 3.8) is 0 Å². The molecule has 3 aromatic rings. The average molecular weight is 397 g/mol. The molecule has 0 radical (unpaired) electrons. The van der Waals surface area contributed by atoms with Crippen LogP contribution in [0.5, 0.6) is 11.5 Å². The Morgan fingerprint density at radius 3 is 2.50 bits per heavy atom. The Bertz CT molecular complexity index is 1020. The molecule has 8 heteroatoms. The van der Waals surface area contributed by atoms with Gasteiger partial charge in [0.2, 0.25) is 5.91 Å². The first-order valence-electron chi connectivity index (χ1n) is 8.36. The van der Waals surface area contributed by atoms with Crippen LogP contribution < -0.4 is 20.5 Å². The zero-order valence-electron chi connectivity index (χ0n) is 15.4. The molecule has 144 valence electrons. The number of carbonyl (C=O) groups is 2. The van der Waals surface area contributed by atoms with Crippen LogP contribution in [-0.4, -0.2) is 36.9 Å². The molecule has 1 aromatic heterocycles. The number of aromatic nitrogens is 1. The Hall–Kier alpha value is -3.26. The van der Waals surface area contributed by atoms with Gasteiger partial charge in [-0.15, -0.1) is 0 Å². The third kappa shape index (κ3) is 4.34. The molecular weight excluding hydrogens is 378 g/mol.